The SMILES string of the molecule is Brc1cnc2c(c1)c(Cn1ncc3cccnc31)cn2Cc1ccccc1.Cn1cc(-c2cnc3[nH]cc(Cn4ncc5cccnc54)c3c2)cn1.Cn1cc(-c2cnc3c(c2)c(Cn2ncc4cccnc42)cn3Cc2ccccc2)cn1.O=S(=O)(Cl)c1cn(Cc2ccccc2)c2ncc(Br)cc12. The molecule has 3 aromatic carbocycles. The van der Waals surface area contributed by atoms with E-state index in [2.05, 4.69) is 180 Å². The van der Waals surface area contributed by atoms with Crippen LogP contribution in [0.15, 0.2) is 277 Å². The van der Waals surface area contributed by atoms with Crippen LogP contribution < -0.4 is 0 Å². The van der Waals surface area contributed by atoms with Crippen LogP contribution in [0.1, 0.15) is 33.4 Å². The van der Waals surface area contributed by atoms with Crippen molar-refractivity contribution in [2.45, 2.75) is 44.2 Å². The van der Waals surface area contributed by atoms with Crippen molar-refractivity contribution in [1.29, 1.82) is 0 Å². The van der Waals surface area contributed by atoms with Gasteiger partial charge in [-0.3, -0.25) is 9.36 Å². The van der Waals surface area contributed by atoms with Gasteiger partial charge < -0.3 is 18.7 Å². The predicted octanol–water partition coefficient (Wildman–Crippen LogP) is 15.4. The molecule has 0 aliphatic rings. The Kier molecular flexibility index (Phi) is 18.8. The fraction of sp³-hybridized carbons (Fsp3) is 0.103. The molecule has 0 aliphatic heterocycles. The zero-order chi connectivity index (χ0) is 71.5. The first kappa shape index (κ1) is 67.4. The second-order valence-corrected chi connectivity index (χ2v) is 29.5. The van der Waals surface area contributed by atoms with Crippen LogP contribution >= 0.6 is 42.5 Å². The molecule has 27 heteroatoms. The van der Waals surface area contributed by atoms with Crippen LogP contribution in [-0.4, -0.2) is 111 Å². The molecule has 19 aromatic rings. The van der Waals surface area contributed by atoms with E-state index in [4.69, 9.17) is 15.7 Å². The molecule has 16 heterocycles. The monoisotopic (exact) mass is 1550 g/mol. The average molecular weight is 1550 g/mol. The highest BCUT2D eigenvalue weighted by molar-refractivity contribution is 9.10. The maximum Gasteiger partial charge on any atom is 0.263 e. The second kappa shape index (κ2) is 29.3. The van der Waals surface area contributed by atoms with Crippen LogP contribution in [0, 0.1) is 0 Å². The lowest BCUT2D eigenvalue weighted by Crippen LogP contribution is -2.02. The summed E-state index contributed by atoms with van der Waals surface area (Å²) in [7, 11) is 5.53. The summed E-state index contributed by atoms with van der Waals surface area (Å²) in [6, 6.07) is 50.7. The Morgan fingerprint density at radius 1 is 0.371 bits per heavy atom. The fourth-order valence-corrected chi connectivity index (χ4v) is 14.6. The Labute approximate surface area is 621 Å². The van der Waals surface area contributed by atoms with Crippen molar-refractivity contribution in [1.82, 2.24) is 102 Å². The molecule has 23 nitrogen and oxygen atoms in total. The highest BCUT2D eigenvalue weighted by atomic mass is 79.9. The molecule has 0 unspecified atom stereocenters. The number of halogens is 3. The van der Waals surface area contributed by atoms with Crippen molar-refractivity contribution in [3.8, 4) is 22.3 Å². The minimum Gasteiger partial charge on any atom is -0.346 e. The Balaban J connectivity index is 0.000000109. The number of rotatable bonds is 15. The number of aromatic nitrogens is 21. The highest BCUT2D eigenvalue weighted by Gasteiger charge is 2.22. The first-order chi connectivity index (χ1) is 51.2. The summed E-state index contributed by atoms with van der Waals surface area (Å²) in [6.07, 6.45) is 33.8. The second-order valence-electron chi connectivity index (χ2n) is 25.1. The lowest BCUT2D eigenvalue weighted by Gasteiger charge is -2.05. The standard InChI is InChI=1S/C25H21N7.C21H16BrN5.C18H15N7.C14H10BrClN2O2S/c1-30-15-21(13-28-30)20-10-23-22(17-32-24-19(12-29-32)8-5-9-26-24)16-31(25(23)27-11-20)14-18-6-3-2-4-7-18;22-18-9-19-17(14-27-20-16(10-25-27)7-4-8-23-20)13-26(21(19)24-11-18)12-15-5-2-1-3-6-15;1-24-10-14(9-22-24)13-5-16-15(7-21-17(16)20-6-13)11-25-18-12(8-23-25)3-2-4-19-18;15-11-6-12-13(21(16,19)20)9-18(14(12)17-7-11)8-10-4-2-1-3-5-10/h2-13,15-16H,14,17H2,1H3;1-11,13H,12,14H2;2-10H,11H2,1H3,(H,20,21);1-7,9H,8H2. The molecule has 518 valence electrons. The van der Waals surface area contributed by atoms with Crippen LogP contribution in [0.4, 0.5) is 0 Å². The van der Waals surface area contributed by atoms with Gasteiger partial charge in [0, 0.05) is 211 Å². The largest absolute Gasteiger partial charge is 0.346 e. The van der Waals surface area contributed by atoms with E-state index in [1.807, 2.05) is 180 Å². The van der Waals surface area contributed by atoms with Crippen LogP contribution in [0.3, 0.4) is 0 Å². The maximum atomic E-state index is 11.7. The highest BCUT2D eigenvalue weighted by Crippen LogP contribution is 2.33. The van der Waals surface area contributed by atoms with Crippen molar-refractivity contribution in [2.24, 2.45) is 14.1 Å². The van der Waals surface area contributed by atoms with E-state index >= 15 is 0 Å². The quantitative estimate of drug-likeness (QED) is 0.0939. The number of H-pyrrole nitrogens is 1. The molecule has 0 atom stereocenters. The molecular formula is C78H62Br2ClN21O2S. The molecule has 0 amide bonds. The molecule has 0 fully saturated rings. The number of aromatic amines is 1. The minimum absolute atomic E-state index is 0.0731. The van der Waals surface area contributed by atoms with Gasteiger partial charge >= 0.3 is 0 Å². The first-order valence-corrected chi connectivity index (χ1v) is 37.2. The van der Waals surface area contributed by atoms with E-state index in [-0.39, 0.29) is 4.90 Å². The first-order valence-electron chi connectivity index (χ1n) is 33.3. The Morgan fingerprint density at radius 2 is 0.771 bits per heavy atom. The number of benzene rings is 3. The van der Waals surface area contributed by atoms with Crippen molar-refractivity contribution < 1.29 is 8.42 Å². The minimum atomic E-state index is -3.83. The molecule has 16 aromatic heterocycles. The zero-order valence-electron chi connectivity index (χ0n) is 56.4. The molecule has 0 radical (unpaired) electrons. The molecular weight excluding hydrogens is 1490 g/mol. The molecule has 0 spiro atoms. The van der Waals surface area contributed by atoms with E-state index in [9.17, 15) is 8.42 Å². The van der Waals surface area contributed by atoms with Crippen molar-refractivity contribution in [3.63, 3.8) is 0 Å². The summed E-state index contributed by atoms with van der Waals surface area (Å²) in [5.41, 5.74) is 17.2. The molecule has 0 saturated heterocycles. The fourth-order valence-electron chi connectivity index (χ4n) is 12.9. The van der Waals surface area contributed by atoms with Gasteiger partial charge in [-0.25, -0.2) is 57.4 Å². The zero-order valence-corrected chi connectivity index (χ0v) is 61.1. The number of fused-ring (bicyclic) bond motifs is 7. The summed E-state index contributed by atoms with van der Waals surface area (Å²) < 4.78 is 40.7. The number of aryl methyl sites for hydroxylation is 2. The Hall–Kier alpha value is -12.1. The number of hydrogen-bond acceptors (Lipinski definition) is 14. The molecule has 0 saturated carbocycles. The van der Waals surface area contributed by atoms with Gasteiger partial charge in [-0.15, -0.1) is 0 Å². The van der Waals surface area contributed by atoms with Gasteiger partial charge in [0.25, 0.3) is 9.05 Å². The normalized spacial score (nSPS) is 11.6. The van der Waals surface area contributed by atoms with Gasteiger partial charge in [-0.1, -0.05) is 91.0 Å². The van der Waals surface area contributed by atoms with Crippen LogP contribution in [-0.2, 0) is 62.4 Å². The van der Waals surface area contributed by atoms with Gasteiger partial charge in [0.05, 0.1) is 50.6 Å². The lowest BCUT2D eigenvalue weighted by molar-refractivity contribution is 0.610. The summed E-state index contributed by atoms with van der Waals surface area (Å²) >= 11 is 6.85. The van der Waals surface area contributed by atoms with E-state index < -0.39 is 9.05 Å². The number of hydrogen-bond donors (Lipinski definition) is 1. The molecule has 19 rings (SSSR count). The van der Waals surface area contributed by atoms with Gasteiger partial charge in [0.15, 0.2) is 16.9 Å². The third kappa shape index (κ3) is 14.7. The third-order valence-electron chi connectivity index (χ3n) is 17.9. The summed E-state index contributed by atoms with van der Waals surface area (Å²) in [6.45, 7) is 3.98. The van der Waals surface area contributed by atoms with E-state index in [1.165, 1.54) is 22.9 Å². The smallest absolute Gasteiger partial charge is 0.263 e. The van der Waals surface area contributed by atoms with Crippen molar-refractivity contribution in [3.05, 3.63) is 306 Å². The van der Waals surface area contributed by atoms with Crippen LogP contribution in [0.5, 0.6) is 0 Å². The lowest BCUT2D eigenvalue weighted by atomic mass is 10.1. The van der Waals surface area contributed by atoms with Gasteiger partial charge in [-0.05, 0) is 109 Å². The Bertz CT molecular complexity index is 6440. The van der Waals surface area contributed by atoms with Gasteiger partial charge in [0.1, 0.15) is 27.5 Å². The predicted molar refractivity (Wildman–Crippen MR) is 415 cm³/mol. The Morgan fingerprint density at radius 3 is 1.22 bits per heavy atom. The topological polar surface area (TPSA) is 244 Å². The number of nitrogens with zero attached hydrogens (tertiary/aromatic N) is 20. The van der Waals surface area contributed by atoms with E-state index in [0.717, 1.165) is 123 Å². The molecule has 105 heavy (non-hydrogen) atoms. The van der Waals surface area contributed by atoms with Crippen LogP contribution in [0.25, 0.3) is 99.5 Å². The van der Waals surface area contributed by atoms with Crippen molar-refractivity contribution >= 4 is 129 Å². The van der Waals surface area contributed by atoms with E-state index in [1.54, 1.807) is 40.1 Å². The van der Waals surface area contributed by atoms with Gasteiger partial charge in [-0.2, -0.15) is 25.5 Å². The summed E-state index contributed by atoms with van der Waals surface area (Å²) in [4.78, 5) is 35.1. The maximum absolute atomic E-state index is 11.7. The summed E-state index contributed by atoms with van der Waals surface area (Å²) in [5.74, 6) is 0. The summed E-state index contributed by atoms with van der Waals surface area (Å²) in [5, 5.41) is 29.1. The number of nitrogens with one attached hydrogen (secondary N) is 1. The molecule has 1 N–H and O–H groups in total. The van der Waals surface area contributed by atoms with E-state index in [0.29, 0.717) is 41.7 Å². The van der Waals surface area contributed by atoms with Gasteiger partial charge in [0.2, 0.25) is 0 Å². The van der Waals surface area contributed by atoms with Crippen LogP contribution in [0.2, 0.25) is 0 Å². The molecule has 0 aliphatic carbocycles. The molecule has 0 bridgehead atoms. The number of pyridine rings is 7. The van der Waals surface area contributed by atoms with Crippen molar-refractivity contribution in [2.75, 3.05) is 0 Å². The third-order valence-corrected chi connectivity index (χ3v) is 20.1. The average Bonchev–Trinajstić information content (AvgIpc) is 1.63.